The molecule has 2 aromatic rings. The molecule has 5 heterocycles. The molecule has 0 amide bonds. The molecule has 0 saturated carbocycles. The summed E-state index contributed by atoms with van der Waals surface area (Å²) in [5, 5.41) is 4.08. The lowest BCUT2D eigenvalue weighted by atomic mass is 9.90. The molecule has 8 heteroatoms. The topological polar surface area (TPSA) is 76.8 Å². The van der Waals surface area contributed by atoms with Crippen molar-refractivity contribution >= 4 is 5.95 Å². The van der Waals surface area contributed by atoms with Crippen LogP contribution in [0.15, 0.2) is 29.1 Å². The average molecular weight is 426 g/mol. The van der Waals surface area contributed by atoms with Gasteiger partial charge in [0.25, 0.3) is 0 Å². The SMILES string of the molecule is Cc1cc(-c2cnc(N3CCOCC3)nc2C2CCN(CC3CCC=CO3)CC2)on1. The van der Waals surface area contributed by atoms with E-state index in [4.69, 9.17) is 19.0 Å². The number of allylic oxidation sites excluding steroid dienone is 1. The number of rotatable bonds is 5. The van der Waals surface area contributed by atoms with Crippen LogP contribution in [0, 0.1) is 6.92 Å². The summed E-state index contributed by atoms with van der Waals surface area (Å²) in [6.45, 7) is 8.16. The summed E-state index contributed by atoms with van der Waals surface area (Å²) < 4.78 is 16.9. The highest BCUT2D eigenvalue weighted by atomic mass is 16.5. The number of hydrogen-bond acceptors (Lipinski definition) is 8. The van der Waals surface area contributed by atoms with E-state index in [9.17, 15) is 0 Å². The van der Waals surface area contributed by atoms with Gasteiger partial charge in [-0.15, -0.1) is 0 Å². The van der Waals surface area contributed by atoms with E-state index >= 15 is 0 Å². The highest BCUT2D eigenvalue weighted by molar-refractivity contribution is 5.61. The van der Waals surface area contributed by atoms with Crippen LogP contribution in [0.1, 0.15) is 43.0 Å². The van der Waals surface area contributed by atoms with E-state index < -0.39 is 0 Å². The zero-order chi connectivity index (χ0) is 21.0. The number of piperidine rings is 1. The van der Waals surface area contributed by atoms with E-state index in [2.05, 4.69) is 26.0 Å². The Hall–Kier alpha value is -2.45. The second kappa shape index (κ2) is 9.36. The summed E-state index contributed by atoms with van der Waals surface area (Å²) in [6.07, 6.45) is 10.6. The van der Waals surface area contributed by atoms with E-state index in [0.717, 1.165) is 100 Å². The van der Waals surface area contributed by atoms with Gasteiger partial charge in [-0.25, -0.2) is 9.97 Å². The number of likely N-dealkylation sites (tertiary alicyclic amines) is 1. The number of aryl methyl sites for hydroxylation is 1. The molecule has 5 rings (SSSR count). The molecule has 2 aromatic heterocycles. The van der Waals surface area contributed by atoms with Gasteiger partial charge in [0.15, 0.2) is 5.76 Å². The van der Waals surface area contributed by atoms with Gasteiger partial charge in [0.1, 0.15) is 6.10 Å². The highest BCUT2D eigenvalue weighted by Crippen LogP contribution is 2.35. The summed E-state index contributed by atoms with van der Waals surface area (Å²) in [6, 6.07) is 1.97. The predicted octanol–water partition coefficient (Wildman–Crippen LogP) is 3.15. The Bertz CT molecular complexity index is 900. The van der Waals surface area contributed by atoms with Crippen molar-refractivity contribution in [3.05, 3.63) is 36.0 Å². The van der Waals surface area contributed by atoms with Crippen molar-refractivity contribution in [3.63, 3.8) is 0 Å². The van der Waals surface area contributed by atoms with Gasteiger partial charge < -0.3 is 18.9 Å². The van der Waals surface area contributed by atoms with Crippen molar-refractivity contribution in [2.24, 2.45) is 0 Å². The van der Waals surface area contributed by atoms with Gasteiger partial charge in [-0.1, -0.05) is 5.16 Å². The van der Waals surface area contributed by atoms with E-state index in [1.807, 2.05) is 25.4 Å². The standard InChI is InChI=1S/C23H31N5O3/c1-17-14-21(31-26-17)20-15-24-23(28-9-12-29-13-10-28)25-22(20)18-5-7-27(8-6-18)16-19-4-2-3-11-30-19/h3,11,14-15,18-19H,2,4-10,12-13,16H2,1H3. The smallest absolute Gasteiger partial charge is 0.225 e. The number of morpholine rings is 1. The largest absolute Gasteiger partial charge is 0.497 e. The van der Waals surface area contributed by atoms with Crippen molar-refractivity contribution in [2.75, 3.05) is 50.8 Å². The van der Waals surface area contributed by atoms with Crippen molar-refractivity contribution in [3.8, 4) is 11.3 Å². The second-order valence-corrected chi connectivity index (χ2v) is 8.68. The molecular weight excluding hydrogens is 394 g/mol. The van der Waals surface area contributed by atoms with Gasteiger partial charge in [-0.3, -0.25) is 4.90 Å². The number of hydrogen-bond donors (Lipinski definition) is 0. The van der Waals surface area contributed by atoms with E-state index in [1.54, 1.807) is 0 Å². The Kier molecular flexibility index (Phi) is 6.18. The predicted molar refractivity (Wildman–Crippen MR) is 117 cm³/mol. The normalized spacial score (nSPS) is 23.1. The Morgan fingerprint density at radius 3 is 2.65 bits per heavy atom. The minimum absolute atomic E-state index is 0.321. The Morgan fingerprint density at radius 1 is 1.10 bits per heavy atom. The fourth-order valence-corrected chi connectivity index (χ4v) is 4.69. The molecule has 3 aliphatic heterocycles. The van der Waals surface area contributed by atoms with Crippen LogP contribution in [0.25, 0.3) is 11.3 Å². The average Bonchev–Trinajstić information content (AvgIpc) is 3.26. The summed E-state index contributed by atoms with van der Waals surface area (Å²) in [7, 11) is 0. The fourth-order valence-electron chi connectivity index (χ4n) is 4.69. The maximum Gasteiger partial charge on any atom is 0.225 e. The first kappa shape index (κ1) is 20.5. The molecule has 0 aliphatic carbocycles. The number of aromatic nitrogens is 3. The molecule has 0 bridgehead atoms. The molecule has 0 radical (unpaired) electrons. The lowest BCUT2D eigenvalue weighted by molar-refractivity contribution is 0.0685. The van der Waals surface area contributed by atoms with Crippen LogP contribution in [-0.2, 0) is 9.47 Å². The summed E-state index contributed by atoms with van der Waals surface area (Å²) >= 11 is 0. The first-order valence-corrected chi connectivity index (χ1v) is 11.4. The minimum Gasteiger partial charge on any atom is -0.497 e. The molecule has 8 nitrogen and oxygen atoms in total. The van der Waals surface area contributed by atoms with Crippen molar-refractivity contribution in [1.29, 1.82) is 0 Å². The van der Waals surface area contributed by atoms with Gasteiger partial charge in [0, 0.05) is 37.8 Å². The zero-order valence-electron chi connectivity index (χ0n) is 18.2. The number of nitrogens with zero attached hydrogens (tertiary/aromatic N) is 5. The molecule has 0 aromatic carbocycles. The Balaban J connectivity index is 1.34. The fraction of sp³-hybridized carbons (Fsp3) is 0.609. The molecule has 2 saturated heterocycles. The third kappa shape index (κ3) is 4.75. The summed E-state index contributed by atoms with van der Waals surface area (Å²) in [5.41, 5.74) is 2.93. The van der Waals surface area contributed by atoms with Gasteiger partial charge in [-0.2, -0.15) is 0 Å². The Morgan fingerprint density at radius 2 is 1.94 bits per heavy atom. The molecule has 31 heavy (non-hydrogen) atoms. The van der Waals surface area contributed by atoms with Gasteiger partial charge >= 0.3 is 0 Å². The van der Waals surface area contributed by atoms with Crippen molar-refractivity contribution in [1.82, 2.24) is 20.0 Å². The first-order valence-electron chi connectivity index (χ1n) is 11.4. The van der Waals surface area contributed by atoms with Crippen molar-refractivity contribution in [2.45, 2.75) is 44.6 Å². The van der Waals surface area contributed by atoms with Crippen molar-refractivity contribution < 1.29 is 14.0 Å². The molecule has 0 N–H and O–H groups in total. The quantitative estimate of drug-likeness (QED) is 0.723. The molecular formula is C23H31N5O3. The van der Waals surface area contributed by atoms with Crippen LogP contribution < -0.4 is 4.90 Å². The molecule has 2 fully saturated rings. The Labute approximate surface area is 183 Å². The minimum atomic E-state index is 0.321. The van der Waals surface area contributed by atoms with E-state index in [-0.39, 0.29) is 0 Å². The summed E-state index contributed by atoms with van der Waals surface area (Å²) in [4.78, 5) is 14.5. The summed E-state index contributed by atoms with van der Waals surface area (Å²) in [5.74, 6) is 1.93. The first-order chi connectivity index (χ1) is 15.3. The molecule has 1 atom stereocenters. The van der Waals surface area contributed by atoms with E-state index in [0.29, 0.717) is 12.0 Å². The molecule has 166 valence electrons. The molecule has 3 aliphatic rings. The van der Waals surface area contributed by atoms with Crippen LogP contribution >= 0.6 is 0 Å². The van der Waals surface area contributed by atoms with Crippen LogP contribution in [-0.4, -0.2) is 72.1 Å². The second-order valence-electron chi connectivity index (χ2n) is 8.68. The highest BCUT2D eigenvalue weighted by Gasteiger charge is 2.28. The molecule has 1 unspecified atom stereocenters. The third-order valence-electron chi connectivity index (χ3n) is 6.45. The lowest BCUT2D eigenvalue weighted by Crippen LogP contribution is -2.40. The van der Waals surface area contributed by atoms with Gasteiger partial charge in [-0.05, 0) is 51.8 Å². The lowest BCUT2D eigenvalue weighted by Gasteiger charge is -2.35. The monoisotopic (exact) mass is 425 g/mol. The van der Waals surface area contributed by atoms with E-state index in [1.165, 1.54) is 0 Å². The van der Waals surface area contributed by atoms with Gasteiger partial charge in [0.05, 0.1) is 36.4 Å². The van der Waals surface area contributed by atoms with Crippen LogP contribution in [0.5, 0.6) is 0 Å². The molecule has 0 spiro atoms. The van der Waals surface area contributed by atoms with Crippen LogP contribution in [0.4, 0.5) is 5.95 Å². The maximum absolute atomic E-state index is 5.78. The van der Waals surface area contributed by atoms with Crippen LogP contribution in [0.2, 0.25) is 0 Å². The number of anilines is 1. The van der Waals surface area contributed by atoms with Crippen LogP contribution in [0.3, 0.4) is 0 Å². The zero-order valence-corrected chi connectivity index (χ0v) is 18.2. The third-order valence-corrected chi connectivity index (χ3v) is 6.45. The maximum atomic E-state index is 5.78. The number of ether oxygens (including phenoxy) is 2. The van der Waals surface area contributed by atoms with Gasteiger partial charge in [0.2, 0.25) is 5.95 Å².